The van der Waals surface area contributed by atoms with Crippen molar-refractivity contribution in [2.24, 2.45) is 0 Å². The molecule has 0 aliphatic rings. The third kappa shape index (κ3) is 4.72. The Labute approximate surface area is 102 Å². The van der Waals surface area contributed by atoms with E-state index in [0.717, 1.165) is 24.3 Å². The zero-order valence-corrected chi connectivity index (χ0v) is 10.4. The molecule has 1 heterocycles. The van der Waals surface area contributed by atoms with Gasteiger partial charge in [0.1, 0.15) is 5.82 Å². The number of nitrogens with two attached hydrogens (primary N) is 1. The van der Waals surface area contributed by atoms with Gasteiger partial charge in [-0.05, 0) is 25.0 Å². The first kappa shape index (κ1) is 13.3. The molecule has 4 N–H and O–H groups in total. The van der Waals surface area contributed by atoms with Gasteiger partial charge in [-0.25, -0.2) is 4.98 Å². The minimum absolute atomic E-state index is 0.0625. The molecule has 0 saturated carbocycles. The summed E-state index contributed by atoms with van der Waals surface area (Å²) in [7, 11) is 0. The largest absolute Gasteiger partial charge is 0.397 e. The highest BCUT2D eigenvalue weighted by Gasteiger charge is 2.02. The van der Waals surface area contributed by atoms with Crippen molar-refractivity contribution in [1.29, 1.82) is 0 Å². The van der Waals surface area contributed by atoms with Crippen LogP contribution in [0, 0.1) is 6.92 Å². The predicted octanol–water partition coefficient (Wildman–Crippen LogP) is 1.30. The van der Waals surface area contributed by atoms with Crippen LogP contribution in [0.3, 0.4) is 0 Å². The van der Waals surface area contributed by atoms with Gasteiger partial charge in [-0.3, -0.25) is 4.79 Å². The van der Waals surface area contributed by atoms with E-state index >= 15 is 0 Å². The molecule has 5 heteroatoms. The fourth-order valence-corrected chi connectivity index (χ4v) is 1.43. The number of nitrogen functional groups attached to an aromatic ring is 1. The Morgan fingerprint density at radius 3 is 2.88 bits per heavy atom. The van der Waals surface area contributed by atoms with E-state index in [0.29, 0.717) is 18.7 Å². The zero-order chi connectivity index (χ0) is 12.7. The molecule has 0 bridgehead atoms. The molecule has 0 radical (unpaired) electrons. The average Bonchev–Trinajstić information content (AvgIpc) is 2.29. The van der Waals surface area contributed by atoms with E-state index in [2.05, 4.69) is 15.6 Å². The smallest absolute Gasteiger partial charge is 0.221 e. The SMILES string of the molecule is CCCNC(=O)CCNc1ncc(N)cc1C. The van der Waals surface area contributed by atoms with Gasteiger partial charge in [-0.15, -0.1) is 0 Å². The Morgan fingerprint density at radius 1 is 1.47 bits per heavy atom. The van der Waals surface area contributed by atoms with Crippen LogP contribution in [0.25, 0.3) is 0 Å². The van der Waals surface area contributed by atoms with Crippen LogP contribution in [0.2, 0.25) is 0 Å². The molecular formula is C12H20N4O. The standard InChI is InChI=1S/C12H20N4O/c1-3-5-14-11(17)4-6-15-12-9(2)7-10(13)8-16-12/h7-8H,3-6,13H2,1-2H3,(H,14,17)(H,15,16). The summed E-state index contributed by atoms with van der Waals surface area (Å²) in [4.78, 5) is 15.5. The van der Waals surface area contributed by atoms with Crippen LogP contribution in [0.5, 0.6) is 0 Å². The van der Waals surface area contributed by atoms with Gasteiger partial charge in [0.25, 0.3) is 0 Å². The molecule has 1 rings (SSSR count). The van der Waals surface area contributed by atoms with Crippen LogP contribution in [0.15, 0.2) is 12.3 Å². The lowest BCUT2D eigenvalue weighted by molar-refractivity contribution is -0.120. The van der Waals surface area contributed by atoms with Crippen molar-refractivity contribution in [3.63, 3.8) is 0 Å². The fraction of sp³-hybridized carbons (Fsp3) is 0.500. The summed E-state index contributed by atoms with van der Waals surface area (Å²) in [6, 6.07) is 1.85. The number of rotatable bonds is 6. The molecule has 1 amide bonds. The molecule has 0 aliphatic heterocycles. The van der Waals surface area contributed by atoms with Gasteiger partial charge in [0, 0.05) is 19.5 Å². The van der Waals surface area contributed by atoms with E-state index in [4.69, 9.17) is 5.73 Å². The monoisotopic (exact) mass is 236 g/mol. The van der Waals surface area contributed by atoms with Crippen LogP contribution in [-0.2, 0) is 4.79 Å². The molecule has 5 nitrogen and oxygen atoms in total. The van der Waals surface area contributed by atoms with Gasteiger partial charge in [-0.1, -0.05) is 6.92 Å². The van der Waals surface area contributed by atoms with E-state index in [1.165, 1.54) is 0 Å². The maximum atomic E-state index is 11.3. The van der Waals surface area contributed by atoms with Crippen molar-refractivity contribution in [1.82, 2.24) is 10.3 Å². The van der Waals surface area contributed by atoms with E-state index in [1.54, 1.807) is 6.20 Å². The van der Waals surface area contributed by atoms with E-state index in [1.807, 2.05) is 19.9 Å². The second-order valence-electron chi connectivity index (χ2n) is 3.96. The lowest BCUT2D eigenvalue weighted by Crippen LogP contribution is -2.26. The van der Waals surface area contributed by atoms with Crippen LogP contribution in [0.4, 0.5) is 11.5 Å². The van der Waals surface area contributed by atoms with Crippen molar-refractivity contribution < 1.29 is 4.79 Å². The van der Waals surface area contributed by atoms with E-state index in [9.17, 15) is 4.79 Å². The maximum absolute atomic E-state index is 11.3. The van der Waals surface area contributed by atoms with Gasteiger partial charge in [0.2, 0.25) is 5.91 Å². The van der Waals surface area contributed by atoms with Gasteiger partial charge in [0.05, 0.1) is 11.9 Å². The molecule has 1 aromatic heterocycles. The molecule has 0 fully saturated rings. The summed E-state index contributed by atoms with van der Waals surface area (Å²) in [5.74, 6) is 0.843. The molecule has 0 saturated heterocycles. The Balaban J connectivity index is 2.33. The molecule has 0 spiro atoms. The normalized spacial score (nSPS) is 10.0. The average molecular weight is 236 g/mol. The number of anilines is 2. The number of aromatic nitrogens is 1. The first-order valence-electron chi connectivity index (χ1n) is 5.86. The van der Waals surface area contributed by atoms with Crippen molar-refractivity contribution >= 4 is 17.4 Å². The second kappa shape index (κ2) is 6.73. The highest BCUT2D eigenvalue weighted by Crippen LogP contribution is 2.13. The van der Waals surface area contributed by atoms with Crippen LogP contribution in [0.1, 0.15) is 25.3 Å². The molecule has 94 valence electrons. The number of pyridine rings is 1. The summed E-state index contributed by atoms with van der Waals surface area (Å²) in [6.45, 7) is 5.27. The summed E-state index contributed by atoms with van der Waals surface area (Å²) in [6.07, 6.45) is 3.01. The number of amides is 1. The minimum Gasteiger partial charge on any atom is -0.397 e. The highest BCUT2D eigenvalue weighted by atomic mass is 16.1. The van der Waals surface area contributed by atoms with Gasteiger partial charge >= 0.3 is 0 Å². The molecule has 17 heavy (non-hydrogen) atoms. The van der Waals surface area contributed by atoms with Crippen molar-refractivity contribution in [2.75, 3.05) is 24.1 Å². The molecule has 0 aromatic carbocycles. The molecular weight excluding hydrogens is 216 g/mol. The lowest BCUT2D eigenvalue weighted by atomic mass is 10.2. The summed E-state index contributed by atoms with van der Waals surface area (Å²) >= 11 is 0. The van der Waals surface area contributed by atoms with E-state index < -0.39 is 0 Å². The number of aryl methyl sites for hydroxylation is 1. The van der Waals surface area contributed by atoms with Crippen LogP contribution < -0.4 is 16.4 Å². The number of hydrogen-bond donors (Lipinski definition) is 3. The third-order valence-corrected chi connectivity index (χ3v) is 2.32. The quantitative estimate of drug-likeness (QED) is 0.695. The third-order valence-electron chi connectivity index (χ3n) is 2.32. The fourth-order valence-electron chi connectivity index (χ4n) is 1.43. The Bertz CT molecular complexity index is 379. The van der Waals surface area contributed by atoms with Gasteiger partial charge in [0.15, 0.2) is 0 Å². The van der Waals surface area contributed by atoms with E-state index in [-0.39, 0.29) is 5.91 Å². The molecule has 0 aliphatic carbocycles. The first-order chi connectivity index (χ1) is 8.13. The highest BCUT2D eigenvalue weighted by molar-refractivity contribution is 5.76. The predicted molar refractivity (Wildman–Crippen MR) is 69.8 cm³/mol. The molecule has 0 unspecified atom stereocenters. The maximum Gasteiger partial charge on any atom is 0.221 e. The minimum atomic E-state index is 0.0625. The number of hydrogen-bond acceptors (Lipinski definition) is 4. The van der Waals surface area contributed by atoms with Gasteiger partial charge in [-0.2, -0.15) is 0 Å². The second-order valence-corrected chi connectivity index (χ2v) is 3.96. The van der Waals surface area contributed by atoms with Gasteiger partial charge < -0.3 is 16.4 Å². The number of carbonyl (C=O) groups excluding carboxylic acids is 1. The van der Waals surface area contributed by atoms with Crippen LogP contribution >= 0.6 is 0 Å². The molecule has 0 atom stereocenters. The zero-order valence-electron chi connectivity index (χ0n) is 10.4. The van der Waals surface area contributed by atoms with Crippen molar-refractivity contribution in [2.45, 2.75) is 26.7 Å². The van der Waals surface area contributed by atoms with Crippen molar-refractivity contribution in [3.05, 3.63) is 17.8 Å². The number of carbonyl (C=O) groups is 1. The first-order valence-corrected chi connectivity index (χ1v) is 5.86. The number of nitrogens with zero attached hydrogens (tertiary/aromatic N) is 1. The Kier molecular flexibility index (Phi) is 5.26. The number of nitrogens with one attached hydrogen (secondary N) is 2. The topological polar surface area (TPSA) is 80.0 Å². The van der Waals surface area contributed by atoms with Crippen molar-refractivity contribution in [3.8, 4) is 0 Å². The van der Waals surface area contributed by atoms with Crippen LogP contribution in [-0.4, -0.2) is 24.0 Å². The summed E-state index contributed by atoms with van der Waals surface area (Å²) in [5.41, 5.74) is 7.24. The molecule has 1 aromatic rings. The summed E-state index contributed by atoms with van der Waals surface area (Å²) < 4.78 is 0. The summed E-state index contributed by atoms with van der Waals surface area (Å²) in [5, 5.41) is 5.94. The Hall–Kier alpha value is -1.78. The lowest BCUT2D eigenvalue weighted by Gasteiger charge is -2.08. The Morgan fingerprint density at radius 2 is 2.24 bits per heavy atom.